The number of fused-ring (bicyclic) bond motifs is 1. The Hall–Kier alpha value is -1.92. The minimum Gasteiger partial charge on any atom is -0.379 e. The summed E-state index contributed by atoms with van der Waals surface area (Å²) in [6.07, 6.45) is 0. The molecule has 1 aliphatic rings. The molecule has 3 rings (SSSR count). The van der Waals surface area contributed by atoms with Crippen molar-refractivity contribution in [3.05, 3.63) is 73.6 Å². The molecule has 0 saturated heterocycles. The zero-order chi connectivity index (χ0) is 26.7. The van der Waals surface area contributed by atoms with Crippen molar-refractivity contribution in [2.45, 2.75) is 17.4 Å². The average molecular weight is 573 g/mol. The van der Waals surface area contributed by atoms with Crippen LogP contribution in [0.5, 0.6) is 0 Å². The predicted molar refractivity (Wildman–Crippen MR) is 143 cm³/mol. The van der Waals surface area contributed by atoms with Crippen molar-refractivity contribution in [2.75, 3.05) is 66.3 Å². The van der Waals surface area contributed by atoms with Gasteiger partial charge in [-0.15, -0.1) is 0 Å². The van der Waals surface area contributed by atoms with Gasteiger partial charge in [-0.25, -0.2) is 13.1 Å². The summed E-state index contributed by atoms with van der Waals surface area (Å²) in [5.74, 6) is -0.0557. The van der Waals surface area contributed by atoms with Crippen molar-refractivity contribution < 1.29 is 22.6 Å². The van der Waals surface area contributed by atoms with Crippen LogP contribution in [0.25, 0.3) is 10.4 Å². The molecule has 2 aromatic rings. The second-order valence-electron chi connectivity index (χ2n) is 8.47. The van der Waals surface area contributed by atoms with E-state index < -0.39 is 10.0 Å². The van der Waals surface area contributed by atoms with Gasteiger partial charge in [-0.05, 0) is 53.5 Å². The number of halogens is 2. The van der Waals surface area contributed by atoms with Crippen LogP contribution in [0, 0.1) is 0 Å². The molecule has 0 spiro atoms. The van der Waals surface area contributed by atoms with Crippen molar-refractivity contribution in [1.82, 2.24) is 9.62 Å². The standard InChI is InChI=1S/C24H31Cl2N5O5S/c1-31-16-22(21-14-19(25)15-24(26)23(21)17-31)18-3-2-4-20(13-18)37(32,33)29-6-8-35-10-12-36-11-9-34-7-5-28-30-27/h2-4,13-15,22,29H,5-12,16-17H2,1H3/t22-/m0/s1. The maximum Gasteiger partial charge on any atom is 0.240 e. The van der Waals surface area contributed by atoms with Crippen molar-refractivity contribution in [3.63, 3.8) is 0 Å². The minimum absolute atomic E-state index is 0.0557. The number of sulfonamides is 1. The van der Waals surface area contributed by atoms with Gasteiger partial charge in [0.25, 0.3) is 0 Å². The van der Waals surface area contributed by atoms with Gasteiger partial charge in [0.05, 0.1) is 44.5 Å². The quantitative estimate of drug-likeness (QED) is 0.148. The molecule has 0 aliphatic carbocycles. The molecule has 1 heterocycles. The molecule has 0 bridgehead atoms. The highest BCUT2D eigenvalue weighted by Crippen LogP contribution is 2.38. The Labute approximate surface area is 227 Å². The topological polar surface area (TPSA) is 126 Å². The number of nitrogens with zero attached hydrogens (tertiary/aromatic N) is 4. The lowest BCUT2D eigenvalue weighted by Gasteiger charge is -2.33. The van der Waals surface area contributed by atoms with E-state index in [1.807, 2.05) is 19.2 Å². The molecule has 1 aliphatic heterocycles. The third-order valence-corrected chi connectivity index (χ3v) is 7.76. The fraction of sp³-hybridized carbons (Fsp3) is 0.500. The number of rotatable bonds is 15. The third-order valence-electron chi connectivity index (χ3n) is 5.74. The Kier molecular flexibility index (Phi) is 11.9. The summed E-state index contributed by atoms with van der Waals surface area (Å²) in [5.41, 5.74) is 11.1. The molecule has 0 aromatic heterocycles. The summed E-state index contributed by atoms with van der Waals surface area (Å²) in [5, 5.41) is 4.54. The second kappa shape index (κ2) is 14.9. The summed E-state index contributed by atoms with van der Waals surface area (Å²) in [6.45, 7) is 3.88. The Morgan fingerprint density at radius 2 is 1.78 bits per heavy atom. The van der Waals surface area contributed by atoms with Gasteiger partial charge in [-0.1, -0.05) is 40.4 Å². The lowest BCUT2D eigenvalue weighted by Crippen LogP contribution is -2.31. The molecule has 202 valence electrons. The Morgan fingerprint density at radius 1 is 1.08 bits per heavy atom. The Morgan fingerprint density at radius 3 is 2.51 bits per heavy atom. The van der Waals surface area contributed by atoms with Crippen molar-refractivity contribution in [2.24, 2.45) is 5.11 Å². The second-order valence-corrected chi connectivity index (χ2v) is 11.1. The van der Waals surface area contributed by atoms with Gasteiger partial charge in [0.1, 0.15) is 0 Å². The van der Waals surface area contributed by atoms with Crippen LogP contribution in [0.1, 0.15) is 22.6 Å². The van der Waals surface area contributed by atoms with Crippen molar-refractivity contribution >= 4 is 33.2 Å². The number of likely N-dealkylation sites (N-methyl/N-ethyl adjacent to an activating group) is 1. The highest BCUT2D eigenvalue weighted by atomic mass is 35.5. The Balaban J connectivity index is 1.47. The number of hydrogen-bond donors (Lipinski definition) is 1. The van der Waals surface area contributed by atoms with E-state index in [1.165, 1.54) is 0 Å². The summed E-state index contributed by atoms with van der Waals surface area (Å²) in [7, 11) is -1.71. The fourth-order valence-electron chi connectivity index (χ4n) is 4.05. The van der Waals surface area contributed by atoms with Crippen LogP contribution >= 0.6 is 23.2 Å². The lowest BCUT2D eigenvalue weighted by atomic mass is 9.85. The molecule has 37 heavy (non-hydrogen) atoms. The van der Waals surface area contributed by atoms with Gasteiger partial charge in [0.15, 0.2) is 0 Å². The first kappa shape index (κ1) is 29.6. The normalized spacial score (nSPS) is 15.8. The number of benzene rings is 2. The van der Waals surface area contributed by atoms with E-state index in [0.717, 1.165) is 23.2 Å². The molecule has 0 saturated carbocycles. The molecule has 0 radical (unpaired) electrons. The maximum absolute atomic E-state index is 12.9. The third kappa shape index (κ3) is 9.10. The number of azide groups is 1. The zero-order valence-corrected chi connectivity index (χ0v) is 22.9. The largest absolute Gasteiger partial charge is 0.379 e. The minimum atomic E-state index is -3.72. The molecule has 0 fully saturated rings. The number of hydrogen-bond acceptors (Lipinski definition) is 7. The molecule has 0 amide bonds. The first-order valence-corrected chi connectivity index (χ1v) is 14.1. The molecule has 13 heteroatoms. The first-order valence-electron chi connectivity index (χ1n) is 11.8. The predicted octanol–water partition coefficient (Wildman–Crippen LogP) is 4.21. The first-order chi connectivity index (χ1) is 17.8. The molecule has 10 nitrogen and oxygen atoms in total. The van der Waals surface area contributed by atoms with Gasteiger partial charge in [-0.2, -0.15) is 0 Å². The van der Waals surface area contributed by atoms with Gasteiger partial charge in [0, 0.05) is 47.1 Å². The highest BCUT2D eigenvalue weighted by Gasteiger charge is 2.28. The van der Waals surface area contributed by atoms with Crippen LogP contribution < -0.4 is 4.72 Å². The number of nitrogens with one attached hydrogen (secondary N) is 1. The van der Waals surface area contributed by atoms with Gasteiger partial charge in [0.2, 0.25) is 10.0 Å². The maximum atomic E-state index is 12.9. The summed E-state index contributed by atoms with van der Waals surface area (Å²) < 4.78 is 44.4. The lowest BCUT2D eigenvalue weighted by molar-refractivity contribution is 0.0171. The fourth-order valence-corrected chi connectivity index (χ4v) is 5.69. The van der Waals surface area contributed by atoms with E-state index in [0.29, 0.717) is 49.6 Å². The molecule has 0 unspecified atom stereocenters. The van der Waals surface area contributed by atoms with Gasteiger partial charge in [-0.3, -0.25) is 0 Å². The van der Waals surface area contributed by atoms with Crippen LogP contribution in [-0.4, -0.2) is 79.6 Å². The molecular formula is C24H31Cl2N5O5S. The van der Waals surface area contributed by atoms with E-state index in [2.05, 4.69) is 19.6 Å². The SMILES string of the molecule is CN1Cc2c(Cl)cc(Cl)cc2[C@H](c2cccc(S(=O)(=O)NCCOCCOCCOCCN=[N+]=[N-])c2)C1. The summed E-state index contributed by atoms with van der Waals surface area (Å²) in [6, 6.07) is 10.6. The molecule has 1 atom stereocenters. The highest BCUT2D eigenvalue weighted by molar-refractivity contribution is 7.89. The van der Waals surface area contributed by atoms with Crippen LogP contribution in [0.2, 0.25) is 10.0 Å². The van der Waals surface area contributed by atoms with E-state index in [-0.39, 0.29) is 30.5 Å². The van der Waals surface area contributed by atoms with Gasteiger partial charge >= 0.3 is 0 Å². The van der Waals surface area contributed by atoms with Gasteiger partial charge < -0.3 is 19.1 Å². The summed E-state index contributed by atoms with van der Waals surface area (Å²) >= 11 is 12.7. The van der Waals surface area contributed by atoms with Crippen LogP contribution in [0.3, 0.4) is 0 Å². The zero-order valence-electron chi connectivity index (χ0n) is 20.6. The smallest absolute Gasteiger partial charge is 0.240 e. The molecule has 1 N–H and O–H groups in total. The van der Waals surface area contributed by atoms with Crippen LogP contribution in [0.4, 0.5) is 0 Å². The Bertz CT molecular complexity index is 1190. The average Bonchev–Trinajstić information content (AvgIpc) is 2.87. The molecule has 2 aromatic carbocycles. The van der Waals surface area contributed by atoms with E-state index in [4.69, 9.17) is 42.9 Å². The van der Waals surface area contributed by atoms with E-state index in [1.54, 1.807) is 24.3 Å². The van der Waals surface area contributed by atoms with E-state index >= 15 is 0 Å². The van der Waals surface area contributed by atoms with Crippen molar-refractivity contribution in [1.29, 1.82) is 0 Å². The van der Waals surface area contributed by atoms with Crippen molar-refractivity contribution in [3.8, 4) is 0 Å². The molecular weight excluding hydrogens is 541 g/mol. The van der Waals surface area contributed by atoms with Crippen LogP contribution in [0.15, 0.2) is 46.4 Å². The van der Waals surface area contributed by atoms with E-state index in [9.17, 15) is 8.42 Å². The summed E-state index contributed by atoms with van der Waals surface area (Å²) in [4.78, 5) is 4.98. The van der Waals surface area contributed by atoms with Crippen LogP contribution in [-0.2, 0) is 30.8 Å². The monoisotopic (exact) mass is 571 g/mol. The number of ether oxygens (including phenoxy) is 3.